The molecule has 1 rings (SSSR count). The number of ether oxygens (including phenoxy) is 1. The Balaban J connectivity index is 2.51. The minimum Gasteiger partial charge on any atom is -0.380 e. The van der Waals surface area contributed by atoms with E-state index in [1.807, 2.05) is 0 Å². The zero-order valence-corrected chi connectivity index (χ0v) is 13.0. The fraction of sp³-hybridized carbons (Fsp3) is 0.600. The van der Waals surface area contributed by atoms with Gasteiger partial charge in [-0.2, -0.15) is 0 Å². The molecule has 1 aromatic carbocycles. The molecule has 1 N–H and O–H groups in total. The Morgan fingerprint density at radius 3 is 2.67 bits per heavy atom. The van der Waals surface area contributed by atoms with Crippen LogP contribution in [0, 0.1) is 0 Å². The third-order valence-electron chi connectivity index (χ3n) is 2.77. The van der Waals surface area contributed by atoms with Gasteiger partial charge in [-0.25, -0.2) is 0 Å². The van der Waals surface area contributed by atoms with E-state index in [4.69, 9.17) is 4.74 Å². The van der Waals surface area contributed by atoms with Crippen molar-refractivity contribution in [2.45, 2.75) is 39.2 Å². The van der Waals surface area contributed by atoms with E-state index >= 15 is 0 Å². The Morgan fingerprint density at radius 2 is 2.00 bits per heavy atom. The summed E-state index contributed by atoms with van der Waals surface area (Å²) in [6.45, 7) is 7.01. The largest absolute Gasteiger partial charge is 0.380 e. The van der Waals surface area contributed by atoms with Crippen LogP contribution in [0.25, 0.3) is 0 Å². The van der Waals surface area contributed by atoms with Gasteiger partial charge < -0.3 is 10.1 Å². The molecule has 0 spiro atoms. The fourth-order valence-corrected chi connectivity index (χ4v) is 2.28. The molecule has 1 unspecified atom stereocenters. The summed E-state index contributed by atoms with van der Waals surface area (Å²) in [6, 6.07) is 8.80. The van der Waals surface area contributed by atoms with Crippen LogP contribution in [0.5, 0.6) is 0 Å². The van der Waals surface area contributed by atoms with Gasteiger partial charge in [0.05, 0.1) is 6.61 Å². The smallest absolute Gasteiger partial charge is 0.0622 e. The van der Waals surface area contributed by atoms with Crippen molar-refractivity contribution >= 4 is 15.9 Å². The first kappa shape index (κ1) is 15.7. The Hall–Kier alpha value is -0.380. The van der Waals surface area contributed by atoms with Crippen LogP contribution in [-0.4, -0.2) is 25.8 Å². The summed E-state index contributed by atoms with van der Waals surface area (Å²) in [6.07, 6.45) is 3.24. The molecule has 0 aromatic heterocycles. The summed E-state index contributed by atoms with van der Waals surface area (Å²) in [4.78, 5) is 0. The first-order chi connectivity index (χ1) is 8.77. The van der Waals surface area contributed by atoms with Crippen LogP contribution in [-0.2, 0) is 11.2 Å². The molecule has 0 heterocycles. The van der Waals surface area contributed by atoms with E-state index < -0.39 is 0 Å². The summed E-state index contributed by atoms with van der Waals surface area (Å²) in [7, 11) is 0. The molecule has 102 valence electrons. The number of benzene rings is 1. The summed E-state index contributed by atoms with van der Waals surface area (Å²) in [5, 5.41) is 3.56. The molecule has 2 nitrogen and oxygen atoms in total. The minimum atomic E-state index is 0.398. The maximum Gasteiger partial charge on any atom is 0.0622 e. The average Bonchev–Trinajstić information content (AvgIpc) is 2.38. The monoisotopic (exact) mass is 313 g/mol. The lowest BCUT2D eigenvalue weighted by Gasteiger charge is -2.19. The highest BCUT2D eigenvalue weighted by molar-refractivity contribution is 9.10. The van der Waals surface area contributed by atoms with Crippen molar-refractivity contribution in [2.24, 2.45) is 0 Å². The summed E-state index contributed by atoms with van der Waals surface area (Å²) >= 11 is 3.61. The van der Waals surface area contributed by atoms with Crippen molar-refractivity contribution in [3.63, 3.8) is 0 Å². The van der Waals surface area contributed by atoms with E-state index in [1.165, 1.54) is 10.0 Å². The molecule has 0 fully saturated rings. The van der Waals surface area contributed by atoms with Gasteiger partial charge in [-0.15, -0.1) is 0 Å². The first-order valence-electron chi connectivity index (χ1n) is 6.82. The standard InChI is InChI=1S/C15H24BrNO/c1-3-9-17-14(12-18-10-4-2)11-13-7-5-6-8-15(13)16/h5-8,14,17H,3-4,9-12H2,1-2H3. The number of hydrogen-bond acceptors (Lipinski definition) is 2. The molecular weight excluding hydrogens is 290 g/mol. The van der Waals surface area contributed by atoms with E-state index in [9.17, 15) is 0 Å². The van der Waals surface area contributed by atoms with E-state index in [0.717, 1.165) is 39.0 Å². The number of rotatable bonds is 9. The predicted molar refractivity (Wildman–Crippen MR) is 81.0 cm³/mol. The van der Waals surface area contributed by atoms with Crippen LogP contribution in [0.1, 0.15) is 32.3 Å². The van der Waals surface area contributed by atoms with Crippen LogP contribution in [0.15, 0.2) is 28.7 Å². The second-order valence-corrected chi connectivity index (χ2v) is 5.38. The van der Waals surface area contributed by atoms with E-state index in [-0.39, 0.29) is 0 Å². The van der Waals surface area contributed by atoms with E-state index in [1.54, 1.807) is 0 Å². The van der Waals surface area contributed by atoms with Gasteiger partial charge in [-0.05, 0) is 37.4 Å². The van der Waals surface area contributed by atoms with Crippen molar-refractivity contribution in [3.05, 3.63) is 34.3 Å². The van der Waals surface area contributed by atoms with Gasteiger partial charge in [0.25, 0.3) is 0 Å². The van der Waals surface area contributed by atoms with Crippen molar-refractivity contribution in [2.75, 3.05) is 19.8 Å². The Labute approximate surface area is 119 Å². The first-order valence-corrected chi connectivity index (χ1v) is 7.61. The highest BCUT2D eigenvalue weighted by Crippen LogP contribution is 2.17. The average molecular weight is 314 g/mol. The number of hydrogen-bond donors (Lipinski definition) is 1. The van der Waals surface area contributed by atoms with Gasteiger partial charge in [-0.3, -0.25) is 0 Å². The molecule has 0 saturated heterocycles. The van der Waals surface area contributed by atoms with Gasteiger partial charge >= 0.3 is 0 Å². The molecule has 0 aliphatic carbocycles. The van der Waals surface area contributed by atoms with Gasteiger partial charge in [-0.1, -0.05) is 48.0 Å². The molecule has 3 heteroatoms. The molecule has 0 saturated carbocycles. The SMILES string of the molecule is CCCNC(COCCC)Cc1ccccc1Br. The highest BCUT2D eigenvalue weighted by atomic mass is 79.9. The van der Waals surface area contributed by atoms with Gasteiger partial charge in [0, 0.05) is 17.1 Å². The lowest BCUT2D eigenvalue weighted by atomic mass is 10.1. The van der Waals surface area contributed by atoms with Crippen LogP contribution >= 0.6 is 15.9 Å². The maximum absolute atomic E-state index is 5.68. The van der Waals surface area contributed by atoms with Crippen molar-refractivity contribution in [1.29, 1.82) is 0 Å². The third kappa shape index (κ3) is 5.98. The van der Waals surface area contributed by atoms with Crippen LogP contribution in [0.3, 0.4) is 0 Å². The van der Waals surface area contributed by atoms with Crippen LogP contribution < -0.4 is 5.32 Å². The normalized spacial score (nSPS) is 12.6. The molecular formula is C15H24BrNO. The zero-order valence-electron chi connectivity index (χ0n) is 11.4. The molecule has 0 radical (unpaired) electrons. The molecule has 1 atom stereocenters. The number of halogens is 1. The second kappa shape index (κ2) is 9.54. The Bertz CT molecular complexity index is 330. The van der Waals surface area contributed by atoms with Crippen molar-refractivity contribution in [1.82, 2.24) is 5.32 Å². The van der Waals surface area contributed by atoms with E-state index in [2.05, 4.69) is 59.4 Å². The van der Waals surface area contributed by atoms with E-state index in [0.29, 0.717) is 6.04 Å². The molecule has 18 heavy (non-hydrogen) atoms. The number of nitrogens with one attached hydrogen (secondary N) is 1. The quantitative estimate of drug-likeness (QED) is 0.700. The Kier molecular flexibility index (Phi) is 8.31. The van der Waals surface area contributed by atoms with Crippen LogP contribution in [0.2, 0.25) is 0 Å². The second-order valence-electron chi connectivity index (χ2n) is 4.52. The van der Waals surface area contributed by atoms with Gasteiger partial charge in [0.15, 0.2) is 0 Å². The lowest BCUT2D eigenvalue weighted by molar-refractivity contribution is 0.111. The molecule has 0 aliphatic heterocycles. The third-order valence-corrected chi connectivity index (χ3v) is 3.55. The molecule has 1 aromatic rings. The summed E-state index contributed by atoms with van der Waals surface area (Å²) in [5.41, 5.74) is 1.34. The van der Waals surface area contributed by atoms with Crippen molar-refractivity contribution in [3.8, 4) is 0 Å². The van der Waals surface area contributed by atoms with Crippen molar-refractivity contribution < 1.29 is 4.74 Å². The maximum atomic E-state index is 5.68. The highest BCUT2D eigenvalue weighted by Gasteiger charge is 2.10. The topological polar surface area (TPSA) is 21.3 Å². The molecule has 0 amide bonds. The predicted octanol–water partition coefficient (Wildman–Crippen LogP) is 3.79. The Morgan fingerprint density at radius 1 is 1.22 bits per heavy atom. The summed E-state index contributed by atoms with van der Waals surface area (Å²) in [5.74, 6) is 0. The zero-order chi connectivity index (χ0) is 13.2. The molecule has 0 bridgehead atoms. The van der Waals surface area contributed by atoms with Crippen LogP contribution in [0.4, 0.5) is 0 Å². The summed E-state index contributed by atoms with van der Waals surface area (Å²) < 4.78 is 6.86. The lowest BCUT2D eigenvalue weighted by Crippen LogP contribution is -2.36. The van der Waals surface area contributed by atoms with Gasteiger partial charge in [0.2, 0.25) is 0 Å². The molecule has 0 aliphatic rings. The minimum absolute atomic E-state index is 0.398. The van der Waals surface area contributed by atoms with Gasteiger partial charge in [0.1, 0.15) is 0 Å². The fourth-order valence-electron chi connectivity index (χ4n) is 1.84.